The Morgan fingerprint density at radius 1 is 1.12 bits per heavy atom. The number of thiazole rings is 1. The van der Waals surface area contributed by atoms with Crippen LogP contribution in [0.3, 0.4) is 0 Å². The van der Waals surface area contributed by atoms with Gasteiger partial charge in [-0.2, -0.15) is 0 Å². The van der Waals surface area contributed by atoms with Crippen molar-refractivity contribution in [2.45, 2.75) is 13.8 Å². The van der Waals surface area contributed by atoms with Crippen molar-refractivity contribution in [2.75, 3.05) is 19.0 Å². The molecule has 0 bridgehead atoms. The van der Waals surface area contributed by atoms with Crippen LogP contribution in [0.4, 0.5) is 5.69 Å². The highest BCUT2D eigenvalue weighted by atomic mass is 32.1. The largest absolute Gasteiger partial charge is 0.378 e. The topological polar surface area (TPSA) is 37.6 Å². The molecule has 0 fully saturated rings. The summed E-state index contributed by atoms with van der Waals surface area (Å²) in [5, 5.41) is 0. The zero-order chi connectivity index (χ0) is 17.7. The van der Waals surface area contributed by atoms with Crippen LogP contribution in [0.5, 0.6) is 0 Å². The molecule has 0 spiro atoms. The first kappa shape index (κ1) is 15.8. The minimum atomic E-state index is 0.00388. The van der Waals surface area contributed by atoms with Gasteiger partial charge in [0.1, 0.15) is 0 Å². The van der Waals surface area contributed by atoms with Crippen LogP contribution < -0.4 is 15.0 Å². The van der Waals surface area contributed by atoms with E-state index in [4.69, 9.17) is 0 Å². The van der Waals surface area contributed by atoms with Gasteiger partial charge in [-0.15, -0.1) is 0 Å². The average molecular weight is 349 g/mol. The Morgan fingerprint density at radius 2 is 1.84 bits per heavy atom. The third-order valence-corrected chi connectivity index (χ3v) is 5.36. The monoisotopic (exact) mass is 349 g/mol. The molecule has 4 aromatic rings. The van der Waals surface area contributed by atoms with Gasteiger partial charge in [-0.25, -0.2) is 9.38 Å². The Labute approximate surface area is 149 Å². The Balaban J connectivity index is 1.91. The number of benzene rings is 2. The SMILES string of the molecule is Cc1cc(C)c2nc3sc(=Cc4ccc(N(C)C)cc4)c(=O)n3c2c1. The van der Waals surface area contributed by atoms with Gasteiger partial charge in [0.2, 0.25) is 0 Å². The molecule has 2 aromatic carbocycles. The summed E-state index contributed by atoms with van der Waals surface area (Å²) in [6, 6.07) is 12.3. The quantitative estimate of drug-likeness (QED) is 0.558. The Kier molecular flexibility index (Phi) is 3.62. The molecule has 0 N–H and O–H groups in total. The standard InChI is InChI=1S/C20H19N3OS/c1-12-9-13(2)18-16(10-12)23-19(24)17(25-20(23)21-18)11-14-5-7-15(8-6-14)22(3)4/h5-11H,1-4H3. The van der Waals surface area contributed by atoms with Crippen molar-refractivity contribution < 1.29 is 0 Å². The molecule has 4 rings (SSSR count). The van der Waals surface area contributed by atoms with E-state index in [1.165, 1.54) is 11.3 Å². The first-order valence-corrected chi connectivity index (χ1v) is 8.97. The van der Waals surface area contributed by atoms with Crippen LogP contribution in [0.15, 0.2) is 41.2 Å². The average Bonchev–Trinajstić information content (AvgIpc) is 3.06. The lowest BCUT2D eigenvalue weighted by atomic mass is 10.1. The van der Waals surface area contributed by atoms with Crippen LogP contribution in [0.2, 0.25) is 0 Å². The summed E-state index contributed by atoms with van der Waals surface area (Å²) < 4.78 is 2.45. The number of rotatable bonds is 2. The van der Waals surface area contributed by atoms with Crippen molar-refractivity contribution in [1.82, 2.24) is 9.38 Å². The summed E-state index contributed by atoms with van der Waals surface area (Å²) in [5.41, 5.74) is 6.22. The maximum Gasteiger partial charge on any atom is 0.274 e. The molecule has 25 heavy (non-hydrogen) atoms. The van der Waals surface area contributed by atoms with E-state index >= 15 is 0 Å². The maximum atomic E-state index is 12.9. The second kappa shape index (κ2) is 5.70. The van der Waals surface area contributed by atoms with Gasteiger partial charge in [-0.05, 0) is 54.8 Å². The van der Waals surface area contributed by atoms with Gasteiger partial charge in [-0.1, -0.05) is 29.5 Å². The molecule has 5 heteroatoms. The number of anilines is 1. The minimum Gasteiger partial charge on any atom is -0.378 e. The number of hydrogen-bond acceptors (Lipinski definition) is 4. The van der Waals surface area contributed by atoms with E-state index < -0.39 is 0 Å². The van der Waals surface area contributed by atoms with Crippen molar-refractivity contribution in [2.24, 2.45) is 0 Å². The van der Waals surface area contributed by atoms with Crippen molar-refractivity contribution in [3.63, 3.8) is 0 Å². The predicted molar refractivity (Wildman–Crippen MR) is 106 cm³/mol. The smallest absolute Gasteiger partial charge is 0.274 e. The Morgan fingerprint density at radius 3 is 2.52 bits per heavy atom. The Bertz CT molecular complexity index is 1200. The van der Waals surface area contributed by atoms with E-state index in [1.807, 2.05) is 52.2 Å². The highest BCUT2D eigenvalue weighted by molar-refractivity contribution is 7.15. The normalized spacial score (nSPS) is 12.4. The van der Waals surface area contributed by atoms with Crippen LogP contribution in [0.25, 0.3) is 22.1 Å². The van der Waals surface area contributed by atoms with Crippen molar-refractivity contribution in [3.05, 3.63) is 68.0 Å². The molecule has 2 heterocycles. The number of fused-ring (bicyclic) bond motifs is 3. The lowest BCUT2D eigenvalue weighted by Gasteiger charge is -2.11. The number of imidazole rings is 1. The molecule has 0 aliphatic rings. The second-order valence-corrected chi connectivity index (χ2v) is 7.59. The van der Waals surface area contributed by atoms with Crippen molar-refractivity contribution in [3.8, 4) is 0 Å². The van der Waals surface area contributed by atoms with E-state index in [0.717, 1.165) is 38.4 Å². The molecule has 0 atom stereocenters. The van der Waals surface area contributed by atoms with Gasteiger partial charge in [0, 0.05) is 19.8 Å². The molecule has 4 nitrogen and oxygen atoms in total. The predicted octanol–water partition coefficient (Wildman–Crippen LogP) is 3.14. The van der Waals surface area contributed by atoms with Crippen molar-refractivity contribution >= 4 is 39.1 Å². The fourth-order valence-corrected chi connectivity index (χ4v) is 4.11. The summed E-state index contributed by atoms with van der Waals surface area (Å²) in [6.07, 6.45) is 1.94. The summed E-state index contributed by atoms with van der Waals surface area (Å²) in [4.78, 5) is 20.4. The number of hydrogen-bond donors (Lipinski definition) is 0. The first-order chi connectivity index (χ1) is 11.9. The van der Waals surface area contributed by atoms with Crippen LogP contribution >= 0.6 is 11.3 Å². The third-order valence-electron chi connectivity index (χ3n) is 4.39. The molecule has 0 aliphatic carbocycles. The van der Waals surface area contributed by atoms with Crippen molar-refractivity contribution in [1.29, 1.82) is 0 Å². The molecule has 0 radical (unpaired) electrons. The van der Waals surface area contributed by atoms with Gasteiger partial charge in [0.05, 0.1) is 15.6 Å². The lowest BCUT2D eigenvalue weighted by Crippen LogP contribution is -2.22. The molecule has 2 aromatic heterocycles. The molecule has 0 aliphatic heterocycles. The molecule has 0 amide bonds. The zero-order valence-corrected chi connectivity index (χ0v) is 15.5. The highest BCUT2D eigenvalue weighted by Crippen LogP contribution is 2.21. The summed E-state index contributed by atoms with van der Waals surface area (Å²) in [6.45, 7) is 4.08. The number of aromatic nitrogens is 2. The molecular formula is C20H19N3OS. The van der Waals surface area contributed by atoms with Gasteiger partial charge in [0.15, 0.2) is 4.96 Å². The van der Waals surface area contributed by atoms with Crippen LogP contribution in [-0.4, -0.2) is 23.5 Å². The van der Waals surface area contributed by atoms with Gasteiger partial charge in [-0.3, -0.25) is 4.79 Å². The third kappa shape index (κ3) is 2.61. The summed E-state index contributed by atoms with van der Waals surface area (Å²) in [5.74, 6) is 0. The summed E-state index contributed by atoms with van der Waals surface area (Å²) in [7, 11) is 4.02. The van der Waals surface area contributed by atoms with Gasteiger partial charge >= 0.3 is 0 Å². The molecule has 0 unspecified atom stereocenters. The minimum absolute atomic E-state index is 0.00388. The summed E-state index contributed by atoms with van der Waals surface area (Å²) >= 11 is 1.44. The van der Waals surface area contributed by atoms with Crippen LogP contribution in [-0.2, 0) is 0 Å². The van der Waals surface area contributed by atoms with Crippen LogP contribution in [0.1, 0.15) is 16.7 Å². The fraction of sp³-hybridized carbons (Fsp3) is 0.200. The number of nitrogens with zero attached hydrogens (tertiary/aromatic N) is 3. The van der Waals surface area contributed by atoms with E-state index in [0.29, 0.717) is 4.53 Å². The molecular weight excluding hydrogens is 330 g/mol. The second-order valence-electron chi connectivity index (χ2n) is 6.58. The first-order valence-electron chi connectivity index (χ1n) is 8.15. The van der Waals surface area contributed by atoms with Gasteiger partial charge in [0.25, 0.3) is 5.56 Å². The molecule has 126 valence electrons. The van der Waals surface area contributed by atoms with E-state index in [1.54, 1.807) is 4.40 Å². The Hall–Kier alpha value is -2.66. The van der Waals surface area contributed by atoms with Crippen LogP contribution in [0, 0.1) is 13.8 Å². The fourth-order valence-electron chi connectivity index (χ4n) is 3.13. The number of aryl methyl sites for hydroxylation is 2. The maximum absolute atomic E-state index is 12.9. The highest BCUT2D eigenvalue weighted by Gasteiger charge is 2.13. The molecule has 0 saturated heterocycles. The van der Waals surface area contributed by atoms with E-state index in [-0.39, 0.29) is 5.56 Å². The van der Waals surface area contributed by atoms with E-state index in [9.17, 15) is 4.79 Å². The van der Waals surface area contributed by atoms with Gasteiger partial charge < -0.3 is 4.90 Å². The zero-order valence-electron chi connectivity index (χ0n) is 14.7. The van der Waals surface area contributed by atoms with E-state index in [2.05, 4.69) is 28.1 Å². The molecule has 0 saturated carbocycles. The lowest BCUT2D eigenvalue weighted by molar-refractivity contribution is 1.13.